The molecule has 0 fully saturated rings. The summed E-state index contributed by atoms with van der Waals surface area (Å²) in [6.45, 7) is 10.8. The second-order valence-corrected chi connectivity index (χ2v) is 10.0. The molecule has 5 nitrogen and oxygen atoms in total. The van der Waals surface area contributed by atoms with Crippen LogP contribution in [0, 0.1) is 5.82 Å². The van der Waals surface area contributed by atoms with E-state index in [2.05, 4.69) is 5.32 Å². The van der Waals surface area contributed by atoms with Crippen molar-refractivity contribution in [2.45, 2.75) is 51.8 Å². The number of anilines is 1. The fourth-order valence-electron chi connectivity index (χ4n) is 2.39. The Labute approximate surface area is 168 Å². The van der Waals surface area contributed by atoms with Crippen LogP contribution in [0.15, 0.2) is 28.9 Å². The van der Waals surface area contributed by atoms with Gasteiger partial charge in [0.1, 0.15) is 22.0 Å². The zero-order valence-electron chi connectivity index (χ0n) is 16.3. The maximum Gasteiger partial charge on any atom is 0.267 e. The van der Waals surface area contributed by atoms with Crippen molar-refractivity contribution in [3.63, 3.8) is 0 Å². The number of hydrogen-bond donors (Lipinski definition) is 1. The highest BCUT2D eigenvalue weighted by Crippen LogP contribution is 2.38. The zero-order chi connectivity index (χ0) is 20.6. The van der Waals surface area contributed by atoms with Crippen molar-refractivity contribution in [2.24, 2.45) is 0 Å². The van der Waals surface area contributed by atoms with E-state index >= 15 is 0 Å². The smallest absolute Gasteiger partial charge is 0.267 e. The molecule has 1 heterocycles. The number of nitrogens with one attached hydrogen (secondary N) is 1. The number of ether oxygens (including phenoxy) is 1. The van der Waals surface area contributed by atoms with Gasteiger partial charge in [-0.1, -0.05) is 32.4 Å². The summed E-state index contributed by atoms with van der Waals surface area (Å²) < 4.78 is 19.4. The van der Waals surface area contributed by atoms with Crippen LogP contribution < -0.4 is 5.32 Å². The van der Waals surface area contributed by atoms with Gasteiger partial charge in [0.15, 0.2) is 6.73 Å². The van der Waals surface area contributed by atoms with Gasteiger partial charge in [-0.25, -0.2) is 4.39 Å². The molecule has 0 bridgehead atoms. The highest BCUT2D eigenvalue weighted by Gasteiger charge is 2.43. The number of benzene rings is 1. The number of allylic oxidation sites excluding steroid dienone is 1. The third-order valence-electron chi connectivity index (χ3n) is 3.98. The van der Waals surface area contributed by atoms with Gasteiger partial charge >= 0.3 is 0 Å². The average molecular weight is 415 g/mol. The lowest BCUT2D eigenvalue weighted by molar-refractivity contribution is -0.148. The van der Waals surface area contributed by atoms with Crippen LogP contribution in [0.25, 0.3) is 0 Å². The van der Waals surface area contributed by atoms with Crippen molar-refractivity contribution in [2.75, 3.05) is 12.0 Å². The van der Waals surface area contributed by atoms with Crippen LogP contribution in [-0.4, -0.2) is 33.7 Å². The van der Waals surface area contributed by atoms with Crippen LogP contribution in [0.3, 0.4) is 0 Å². The molecule has 27 heavy (non-hydrogen) atoms. The third kappa shape index (κ3) is 4.96. The lowest BCUT2D eigenvalue weighted by atomic mass is 10.0. The molecule has 0 aliphatic carbocycles. The van der Waals surface area contributed by atoms with E-state index in [-0.39, 0.29) is 23.1 Å². The summed E-state index contributed by atoms with van der Waals surface area (Å²) >= 11 is 7.26. The molecule has 0 saturated carbocycles. The summed E-state index contributed by atoms with van der Waals surface area (Å²) in [5.74, 6) is -0.900. The molecule has 148 valence electrons. The van der Waals surface area contributed by atoms with Gasteiger partial charge in [0.25, 0.3) is 5.91 Å². The van der Waals surface area contributed by atoms with E-state index in [9.17, 15) is 14.0 Å². The van der Waals surface area contributed by atoms with Gasteiger partial charge in [0, 0.05) is 9.77 Å². The second kappa shape index (κ2) is 7.72. The molecule has 1 N–H and O–H groups in total. The molecule has 0 radical (unpaired) electrons. The molecule has 1 aromatic carbocycles. The summed E-state index contributed by atoms with van der Waals surface area (Å²) in [6, 6.07) is 3.89. The number of carbonyl (C=O) groups is 2. The maximum absolute atomic E-state index is 13.9. The topological polar surface area (TPSA) is 58.6 Å². The molecule has 0 unspecified atom stereocenters. The summed E-state index contributed by atoms with van der Waals surface area (Å²) in [5, 5.41) is 2.81. The minimum atomic E-state index is -1.27. The van der Waals surface area contributed by atoms with E-state index in [1.54, 1.807) is 20.8 Å². The first-order valence-corrected chi connectivity index (χ1v) is 9.63. The van der Waals surface area contributed by atoms with E-state index < -0.39 is 17.3 Å². The lowest BCUT2D eigenvalue weighted by Crippen LogP contribution is -2.57. The quantitative estimate of drug-likeness (QED) is 0.770. The predicted octanol–water partition coefficient (Wildman–Crippen LogP) is 4.78. The Morgan fingerprint density at radius 3 is 2.52 bits per heavy atom. The number of hydrogen-bond acceptors (Lipinski definition) is 4. The van der Waals surface area contributed by atoms with Crippen molar-refractivity contribution in [1.29, 1.82) is 0 Å². The molecule has 2 rings (SSSR count). The molecule has 1 aliphatic rings. The first-order chi connectivity index (χ1) is 12.3. The van der Waals surface area contributed by atoms with Crippen LogP contribution in [0.2, 0.25) is 5.02 Å². The monoisotopic (exact) mass is 414 g/mol. The lowest BCUT2D eigenvalue weighted by Gasteiger charge is -2.40. The Balaban J connectivity index is 2.26. The molecule has 0 atom stereocenters. The fraction of sp³-hybridized carbons (Fsp3) is 0.474. The van der Waals surface area contributed by atoms with Gasteiger partial charge in [-0.15, -0.1) is 11.8 Å². The van der Waals surface area contributed by atoms with Gasteiger partial charge < -0.3 is 10.1 Å². The maximum atomic E-state index is 13.9. The van der Waals surface area contributed by atoms with Crippen LogP contribution >= 0.6 is 23.4 Å². The second-order valence-electron chi connectivity index (χ2n) is 7.74. The first-order valence-electron chi connectivity index (χ1n) is 8.44. The number of rotatable bonds is 4. The molecule has 1 aliphatic heterocycles. The summed E-state index contributed by atoms with van der Waals surface area (Å²) in [7, 11) is 0. The van der Waals surface area contributed by atoms with Crippen molar-refractivity contribution >= 4 is 40.9 Å². The Kier molecular flexibility index (Phi) is 6.16. The first kappa shape index (κ1) is 21.6. The molecule has 0 saturated heterocycles. The summed E-state index contributed by atoms with van der Waals surface area (Å²) in [6.07, 6.45) is 0. The normalized spacial score (nSPS) is 15.7. The molecular weight excluding hydrogens is 391 g/mol. The molecule has 8 heteroatoms. The molecule has 0 aromatic heterocycles. The molecule has 1 aromatic rings. The van der Waals surface area contributed by atoms with Gasteiger partial charge in [-0.3, -0.25) is 14.5 Å². The Morgan fingerprint density at radius 1 is 1.30 bits per heavy atom. The summed E-state index contributed by atoms with van der Waals surface area (Å²) in [5.41, 5.74) is -1.31. The predicted molar refractivity (Wildman–Crippen MR) is 107 cm³/mol. The number of nitrogens with zero attached hydrogens (tertiary/aromatic N) is 1. The highest BCUT2D eigenvalue weighted by atomic mass is 35.5. The van der Waals surface area contributed by atoms with Gasteiger partial charge in [-0.05, 0) is 39.0 Å². The number of thioether (sulfide) groups is 1. The SMILES string of the molecule is CC1=C(SC(C)(C)C)C(=O)N(C(C)(C)C(=O)Nc2cc(Cl)ccc2F)CO1. The number of amides is 2. The Bertz CT molecular complexity index is 803. The largest absolute Gasteiger partial charge is 0.476 e. The van der Waals surface area contributed by atoms with Gasteiger partial charge in [0.05, 0.1) is 5.69 Å². The van der Waals surface area contributed by atoms with Crippen LogP contribution in [0.4, 0.5) is 10.1 Å². The zero-order valence-corrected chi connectivity index (χ0v) is 17.8. The third-order valence-corrected chi connectivity index (χ3v) is 5.50. The summed E-state index contributed by atoms with van der Waals surface area (Å²) in [4.78, 5) is 27.7. The number of carbonyl (C=O) groups excluding carboxylic acids is 2. The van der Waals surface area contributed by atoms with Crippen molar-refractivity contribution in [3.8, 4) is 0 Å². The van der Waals surface area contributed by atoms with Crippen LogP contribution in [-0.2, 0) is 14.3 Å². The molecular formula is C19H24ClFN2O3S. The molecule has 2 amide bonds. The molecule has 0 spiro atoms. The van der Waals surface area contributed by atoms with E-state index in [1.165, 1.54) is 34.9 Å². The van der Waals surface area contributed by atoms with Crippen LogP contribution in [0.5, 0.6) is 0 Å². The Morgan fingerprint density at radius 2 is 1.93 bits per heavy atom. The van der Waals surface area contributed by atoms with E-state index in [0.717, 1.165) is 0 Å². The minimum absolute atomic E-state index is 0.0398. The van der Waals surface area contributed by atoms with Crippen molar-refractivity contribution in [1.82, 2.24) is 4.90 Å². The number of halogens is 2. The van der Waals surface area contributed by atoms with E-state index in [4.69, 9.17) is 16.3 Å². The van der Waals surface area contributed by atoms with E-state index in [0.29, 0.717) is 15.7 Å². The fourth-order valence-corrected chi connectivity index (χ4v) is 3.57. The van der Waals surface area contributed by atoms with E-state index in [1.807, 2.05) is 20.8 Å². The van der Waals surface area contributed by atoms with Crippen LogP contribution in [0.1, 0.15) is 41.5 Å². The van der Waals surface area contributed by atoms with Crippen molar-refractivity contribution < 1.29 is 18.7 Å². The average Bonchev–Trinajstić information content (AvgIpc) is 2.53. The van der Waals surface area contributed by atoms with Crippen molar-refractivity contribution in [3.05, 3.63) is 39.7 Å². The van der Waals surface area contributed by atoms with Gasteiger partial charge in [0.2, 0.25) is 5.91 Å². The highest BCUT2D eigenvalue weighted by molar-refractivity contribution is 8.05. The Hall–Kier alpha value is -1.73. The van der Waals surface area contributed by atoms with Gasteiger partial charge in [-0.2, -0.15) is 0 Å². The standard InChI is InChI=1S/C19H24ClFN2O3S/c1-11-15(27-18(2,3)4)16(24)23(10-26-11)19(5,6)17(25)22-14-9-12(20)7-8-13(14)21/h7-9H,10H2,1-6H3,(H,22,25). The minimum Gasteiger partial charge on any atom is -0.476 e.